The van der Waals surface area contributed by atoms with Gasteiger partial charge in [-0.1, -0.05) is 18.2 Å². The molecule has 1 aromatic carbocycles. The van der Waals surface area contributed by atoms with Crippen LogP contribution in [0.5, 0.6) is 5.75 Å². The number of nitrogens with zero attached hydrogens (tertiary/aromatic N) is 1. The first-order valence-electron chi connectivity index (χ1n) is 6.63. The van der Waals surface area contributed by atoms with E-state index in [4.69, 9.17) is 4.74 Å². The van der Waals surface area contributed by atoms with Gasteiger partial charge in [-0.05, 0) is 13.0 Å². The SMILES string of the molecule is COCCN1C(=O)C(C)NC1c1ccccc1OC(F)F. The van der Waals surface area contributed by atoms with Crippen molar-refractivity contribution in [2.24, 2.45) is 0 Å². The second-order valence-electron chi connectivity index (χ2n) is 4.73. The van der Waals surface area contributed by atoms with Crippen LogP contribution in [0.3, 0.4) is 0 Å². The molecule has 0 radical (unpaired) electrons. The van der Waals surface area contributed by atoms with Gasteiger partial charge < -0.3 is 14.4 Å². The summed E-state index contributed by atoms with van der Waals surface area (Å²) in [6, 6.07) is 6.08. The Balaban J connectivity index is 2.28. The highest BCUT2D eigenvalue weighted by atomic mass is 19.3. The van der Waals surface area contributed by atoms with Crippen molar-refractivity contribution in [2.45, 2.75) is 25.7 Å². The van der Waals surface area contributed by atoms with Crippen LogP contribution in [0.25, 0.3) is 0 Å². The standard InChI is InChI=1S/C14H18F2N2O3/c1-9-13(19)18(7-8-20-2)12(17-9)10-5-3-4-6-11(10)21-14(15)16/h3-6,9,12,14,17H,7-8H2,1-2H3. The summed E-state index contributed by atoms with van der Waals surface area (Å²) in [7, 11) is 1.54. The molecule has 5 nitrogen and oxygen atoms in total. The summed E-state index contributed by atoms with van der Waals surface area (Å²) in [5.41, 5.74) is 0.506. The van der Waals surface area contributed by atoms with E-state index in [9.17, 15) is 13.6 Å². The number of rotatable bonds is 6. The van der Waals surface area contributed by atoms with Crippen LogP contribution in [0.4, 0.5) is 8.78 Å². The van der Waals surface area contributed by atoms with Crippen LogP contribution in [0.1, 0.15) is 18.7 Å². The first-order valence-corrected chi connectivity index (χ1v) is 6.63. The van der Waals surface area contributed by atoms with Crippen molar-refractivity contribution in [3.63, 3.8) is 0 Å². The number of alkyl halides is 2. The molecule has 0 aliphatic carbocycles. The molecule has 1 saturated heterocycles. The second kappa shape index (κ2) is 6.82. The lowest BCUT2D eigenvalue weighted by Crippen LogP contribution is -2.33. The number of para-hydroxylation sites is 1. The lowest BCUT2D eigenvalue weighted by Gasteiger charge is -2.25. The number of hydrogen-bond donors (Lipinski definition) is 1. The lowest BCUT2D eigenvalue weighted by molar-refractivity contribution is -0.130. The van der Waals surface area contributed by atoms with Gasteiger partial charge in [0.15, 0.2) is 0 Å². The summed E-state index contributed by atoms with van der Waals surface area (Å²) < 4.78 is 34.5. The van der Waals surface area contributed by atoms with E-state index in [-0.39, 0.29) is 17.7 Å². The average molecular weight is 300 g/mol. The van der Waals surface area contributed by atoms with E-state index in [0.717, 1.165) is 0 Å². The van der Waals surface area contributed by atoms with Gasteiger partial charge in [-0.25, -0.2) is 0 Å². The lowest BCUT2D eigenvalue weighted by atomic mass is 10.1. The largest absolute Gasteiger partial charge is 0.434 e. The molecule has 2 atom stereocenters. The number of methoxy groups -OCH3 is 1. The Morgan fingerprint density at radius 3 is 2.76 bits per heavy atom. The van der Waals surface area contributed by atoms with Crippen LogP contribution in [-0.2, 0) is 9.53 Å². The Hall–Kier alpha value is -1.73. The molecule has 2 rings (SSSR count). The van der Waals surface area contributed by atoms with Gasteiger partial charge in [0.1, 0.15) is 11.9 Å². The number of nitrogens with one attached hydrogen (secondary N) is 1. The maximum absolute atomic E-state index is 12.5. The van der Waals surface area contributed by atoms with Gasteiger partial charge in [-0.2, -0.15) is 8.78 Å². The Labute approximate surface area is 121 Å². The van der Waals surface area contributed by atoms with Crippen molar-refractivity contribution >= 4 is 5.91 Å². The van der Waals surface area contributed by atoms with E-state index in [2.05, 4.69) is 10.1 Å². The molecule has 1 aliphatic rings. The van der Waals surface area contributed by atoms with Gasteiger partial charge >= 0.3 is 6.61 Å². The van der Waals surface area contributed by atoms with Crippen molar-refractivity contribution < 1.29 is 23.0 Å². The van der Waals surface area contributed by atoms with Crippen LogP contribution in [0, 0.1) is 0 Å². The van der Waals surface area contributed by atoms with Gasteiger partial charge in [0.25, 0.3) is 0 Å². The molecule has 1 aromatic rings. The Morgan fingerprint density at radius 2 is 2.10 bits per heavy atom. The highest BCUT2D eigenvalue weighted by Crippen LogP contribution is 2.32. The molecule has 0 aromatic heterocycles. The number of amides is 1. The molecule has 1 amide bonds. The number of benzene rings is 1. The summed E-state index contributed by atoms with van der Waals surface area (Å²) in [5, 5.41) is 3.09. The van der Waals surface area contributed by atoms with E-state index >= 15 is 0 Å². The van der Waals surface area contributed by atoms with Crippen molar-refractivity contribution in [1.82, 2.24) is 10.2 Å². The zero-order valence-corrected chi connectivity index (χ0v) is 11.9. The minimum Gasteiger partial charge on any atom is -0.434 e. The number of halogens is 2. The molecule has 1 aliphatic heterocycles. The van der Waals surface area contributed by atoms with Gasteiger partial charge in [-0.3, -0.25) is 10.1 Å². The highest BCUT2D eigenvalue weighted by molar-refractivity contribution is 5.84. The van der Waals surface area contributed by atoms with Crippen molar-refractivity contribution in [3.8, 4) is 5.75 Å². The maximum atomic E-state index is 12.5. The fourth-order valence-electron chi connectivity index (χ4n) is 2.37. The second-order valence-corrected chi connectivity index (χ2v) is 4.73. The molecule has 21 heavy (non-hydrogen) atoms. The number of carbonyl (C=O) groups excluding carboxylic acids is 1. The normalized spacial score (nSPS) is 22.1. The summed E-state index contributed by atoms with van der Waals surface area (Å²) in [4.78, 5) is 13.7. The molecule has 1 heterocycles. The smallest absolute Gasteiger partial charge is 0.387 e. The average Bonchev–Trinajstić information content (AvgIpc) is 2.72. The molecule has 0 saturated carbocycles. The molecular formula is C14H18F2N2O3. The summed E-state index contributed by atoms with van der Waals surface area (Å²) in [6.07, 6.45) is -0.502. The zero-order chi connectivity index (χ0) is 15.4. The third kappa shape index (κ3) is 3.48. The van der Waals surface area contributed by atoms with Gasteiger partial charge in [0.2, 0.25) is 5.91 Å². The minimum absolute atomic E-state index is 0.0642. The van der Waals surface area contributed by atoms with E-state index in [1.54, 1.807) is 37.1 Å². The predicted octanol–water partition coefficient (Wildman–Crippen LogP) is 1.75. The van der Waals surface area contributed by atoms with Crippen molar-refractivity contribution in [2.75, 3.05) is 20.3 Å². The van der Waals surface area contributed by atoms with E-state index in [1.807, 2.05) is 0 Å². The predicted molar refractivity (Wildman–Crippen MR) is 72.0 cm³/mol. The van der Waals surface area contributed by atoms with Gasteiger partial charge in [0, 0.05) is 19.2 Å². The van der Waals surface area contributed by atoms with Crippen molar-refractivity contribution in [1.29, 1.82) is 0 Å². The van der Waals surface area contributed by atoms with E-state index in [1.165, 1.54) is 6.07 Å². The topological polar surface area (TPSA) is 50.8 Å². The van der Waals surface area contributed by atoms with Gasteiger partial charge in [0.05, 0.1) is 12.6 Å². The fourth-order valence-corrected chi connectivity index (χ4v) is 2.37. The van der Waals surface area contributed by atoms with Gasteiger partial charge in [-0.15, -0.1) is 0 Å². The minimum atomic E-state index is -2.91. The molecule has 116 valence electrons. The molecule has 0 spiro atoms. The Kier molecular flexibility index (Phi) is 5.08. The maximum Gasteiger partial charge on any atom is 0.387 e. The van der Waals surface area contributed by atoms with Crippen LogP contribution < -0.4 is 10.1 Å². The number of carbonyl (C=O) groups is 1. The van der Waals surface area contributed by atoms with E-state index in [0.29, 0.717) is 18.7 Å². The third-order valence-corrected chi connectivity index (χ3v) is 3.34. The quantitative estimate of drug-likeness (QED) is 0.869. The van der Waals surface area contributed by atoms with Crippen LogP contribution >= 0.6 is 0 Å². The summed E-state index contributed by atoms with van der Waals surface area (Å²) in [6.45, 7) is -0.429. The highest BCUT2D eigenvalue weighted by Gasteiger charge is 2.38. The fraction of sp³-hybridized carbons (Fsp3) is 0.500. The first-order chi connectivity index (χ1) is 10.0. The zero-order valence-electron chi connectivity index (χ0n) is 11.9. The monoisotopic (exact) mass is 300 g/mol. The van der Waals surface area contributed by atoms with Crippen LogP contribution in [0.15, 0.2) is 24.3 Å². The molecule has 1 N–H and O–H groups in total. The molecule has 7 heteroatoms. The summed E-state index contributed by atoms with van der Waals surface area (Å²) >= 11 is 0. The molecule has 2 unspecified atom stereocenters. The van der Waals surface area contributed by atoms with Crippen LogP contribution in [0.2, 0.25) is 0 Å². The van der Waals surface area contributed by atoms with Crippen molar-refractivity contribution in [3.05, 3.63) is 29.8 Å². The Bertz CT molecular complexity index is 499. The molecule has 1 fully saturated rings. The first kappa shape index (κ1) is 15.7. The molecular weight excluding hydrogens is 282 g/mol. The number of hydrogen-bond acceptors (Lipinski definition) is 4. The van der Waals surface area contributed by atoms with E-state index < -0.39 is 12.8 Å². The van der Waals surface area contributed by atoms with Crippen LogP contribution in [-0.4, -0.2) is 43.7 Å². The number of ether oxygens (including phenoxy) is 2. The Morgan fingerprint density at radius 1 is 1.38 bits per heavy atom. The third-order valence-electron chi connectivity index (χ3n) is 3.34. The molecule has 0 bridgehead atoms. The summed E-state index contributed by atoms with van der Waals surface area (Å²) in [5.74, 6) is -0.0294.